The minimum Gasteiger partial charge on any atom is -0.386 e. The molecule has 2 aliphatic rings. The Balaban J connectivity index is 2.08. The summed E-state index contributed by atoms with van der Waals surface area (Å²) < 4.78 is 14.4. The highest BCUT2D eigenvalue weighted by Crippen LogP contribution is 2.32. The van der Waals surface area contributed by atoms with Crippen molar-refractivity contribution in [1.82, 2.24) is 4.57 Å². The summed E-state index contributed by atoms with van der Waals surface area (Å²) in [5, 5.41) is 0. The Kier molecular flexibility index (Phi) is 5.03. The third-order valence-electron chi connectivity index (χ3n) is 4.48. The number of nitrogens with zero attached hydrogens (tertiary/aromatic N) is 1. The lowest BCUT2D eigenvalue weighted by Gasteiger charge is -2.45. The van der Waals surface area contributed by atoms with E-state index in [1.165, 1.54) is 57.9 Å². The molecule has 1 saturated carbocycles. The maximum Gasteiger partial charge on any atom is 0.427 e. The van der Waals surface area contributed by atoms with Crippen molar-refractivity contribution < 1.29 is 8.85 Å². The molecule has 17 heavy (non-hydrogen) atoms. The van der Waals surface area contributed by atoms with Gasteiger partial charge in [-0.3, -0.25) is 4.57 Å². The zero-order valence-electron chi connectivity index (χ0n) is 11.4. The van der Waals surface area contributed by atoms with Gasteiger partial charge in [0.15, 0.2) is 0 Å². The quantitative estimate of drug-likeness (QED) is 0.573. The predicted molar refractivity (Wildman–Crippen MR) is 72.0 cm³/mol. The zero-order valence-corrected chi connectivity index (χ0v) is 12.4. The largest absolute Gasteiger partial charge is 0.427 e. The molecule has 0 radical (unpaired) electrons. The first-order valence-corrected chi connectivity index (χ1v) is 9.16. The minimum atomic E-state index is -2.04. The van der Waals surface area contributed by atoms with Gasteiger partial charge in [0.25, 0.3) is 0 Å². The van der Waals surface area contributed by atoms with E-state index in [1.54, 1.807) is 0 Å². The second kappa shape index (κ2) is 6.32. The summed E-state index contributed by atoms with van der Waals surface area (Å²) in [6.07, 6.45) is 10.9. The summed E-state index contributed by atoms with van der Waals surface area (Å²) in [7, 11) is 1.67. The van der Waals surface area contributed by atoms with E-state index in [4.69, 9.17) is 8.85 Å². The maximum atomic E-state index is 5.88. The Morgan fingerprint density at radius 2 is 1.53 bits per heavy atom. The fourth-order valence-electron chi connectivity index (χ4n) is 3.50. The van der Waals surface area contributed by atoms with E-state index in [-0.39, 0.29) is 0 Å². The van der Waals surface area contributed by atoms with Gasteiger partial charge in [-0.15, -0.1) is 0 Å². The van der Waals surface area contributed by atoms with Crippen molar-refractivity contribution in [3.05, 3.63) is 0 Å². The normalized spacial score (nSPS) is 27.9. The van der Waals surface area contributed by atoms with E-state index in [0.29, 0.717) is 0 Å². The van der Waals surface area contributed by atoms with Gasteiger partial charge in [0, 0.05) is 26.3 Å². The Labute approximate surface area is 107 Å². The molecule has 0 bridgehead atoms. The molecular formula is C13H27NO2Si. The molecular weight excluding hydrogens is 230 g/mol. The van der Waals surface area contributed by atoms with Crippen LogP contribution in [0.25, 0.3) is 0 Å². The summed E-state index contributed by atoms with van der Waals surface area (Å²) in [4.78, 5) is 0. The average Bonchev–Trinajstić information content (AvgIpc) is 2.67. The molecule has 0 aromatic heterocycles. The molecule has 0 aromatic carbocycles. The summed E-state index contributed by atoms with van der Waals surface area (Å²) in [5.74, 6) is 0. The molecule has 1 saturated heterocycles. The van der Waals surface area contributed by atoms with Crippen molar-refractivity contribution >= 4 is 8.72 Å². The van der Waals surface area contributed by atoms with Gasteiger partial charge in [-0.1, -0.05) is 25.7 Å². The fourth-order valence-corrected chi connectivity index (χ4v) is 6.84. The van der Waals surface area contributed by atoms with Gasteiger partial charge in [0.05, 0.1) is 0 Å². The molecule has 0 atom stereocenters. The van der Waals surface area contributed by atoms with Crippen molar-refractivity contribution in [1.29, 1.82) is 0 Å². The molecule has 3 nitrogen and oxygen atoms in total. The average molecular weight is 257 g/mol. The minimum absolute atomic E-state index is 0.726. The van der Waals surface area contributed by atoms with Gasteiger partial charge in [0.1, 0.15) is 0 Å². The standard InChI is InChI=1S/C13H27NO2Si/c1-15-17(16-2)12-8-7-11-14(17)13-9-5-3-4-6-10-13/h13H,3-12H2,1-2H3. The number of rotatable bonds is 3. The third kappa shape index (κ3) is 2.92. The number of hydrogen-bond acceptors (Lipinski definition) is 3. The van der Waals surface area contributed by atoms with E-state index in [1.807, 2.05) is 14.2 Å². The molecule has 0 N–H and O–H groups in total. The molecule has 0 unspecified atom stereocenters. The fraction of sp³-hybridized carbons (Fsp3) is 1.00. The summed E-state index contributed by atoms with van der Waals surface area (Å²) >= 11 is 0. The van der Waals surface area contributed by atoms with Crippen LogP contribution in [0.3, 0.4) is 0 Å². The Hall–Kier alpha value is 0.0969. The monoisotopic (exact) mass is 257 g/mol. The zero-order chi connectivity index (χ0) is 12.1. The molecule has 100 valence electrons. The number of hydrogen-bond donors (Lipinski definition) is 0. The molecule has 1 aliphatic heterocycles. The predicted octanol–water partition coefficient (Wildman–Crippen LogP) is 3.04. The van der Waals surface area contributed by atoms with Gasteiger partial charge < -0.3 is 8.85 Å². The van der Waals surface area contributed by atoms with Gasteiger partial charge in [-0.2, -0.15) is 0 Å². The first-order chi connectivity index (χ1) is 8.32. The van der Waals surface area contributed by atoms with Crippen LogP contribution in [-0.2, 0) is 8.85 Å². The summed E-state index contributed by atoms with van der Waals surface area (Å²) in [6.45, 7) is 1.19. The van der Waals surface area contributed by atoms with Crippen LogP contribution >= 0.6 is 0 Å². The molecule has 0 aromatic rings. The molecule has 2 rings (SSSR count). The summed E-state index contributed by atoms with van der Waals surface area (Å²) in [6, 6.07) is 1.88. The molecule has 4 heteroatoms. The van der Waals surface area contributed by atoms with Crippen LogP contribution in [0.2, 0.25) is 6.04 Å². The molecule has 0 spiro atoms. The summed E-state index contributed by atoms with van der Waals surface area (Å²) in [5.41, 5.74) is 0. The highest BCUT2D eigenvalue weighted by molar-refractivity contribution is 6.64. The van der Waals surface area contributed by atoms with E-state index in [2.05, 4.69) is 4.57 Å². The van der Waals surface area contributed by atoms with Crippen LogP contribution in [-0.4, -0.2) is 40.1 Å². The van der Waals surface area contributed by atoms with Crippen molar-refractivity contribution in [3.8, 4) is 0 Å². The second-order valence-electron chi connectivity index (χ2n) is 5.42. The van der Waals surface area contributed by atoms with Crippen LogP contribution in [0.4, 0.5) is 0 Å². The van der Waals surface area contributed by atoms with E-state index < -0.39 is 8.72 Å². The van der Waals surface area contributed by atoms with Crippen molar-refractivity contribution in [2.75, 3.05) is 20.8 Å². The Morgan fingerprint density at radius 3 is 2.12 bits per heavy atom. The van der Waals surface area contributed by atoms with E-state index >= 15 is 0 Å². The van der Waals surface area contributed by atoms with Crippen molar-refractivity contribution in [2.24, 2.45) is 0 Å². The highest BCUT2D eigenvalue weighted by Gasteiger charge is 2.47. The third-order valence-corrected chi connectivity index (χ3v) is 8.21. The maximum absolute atomic E-state index is 5.88. The smallest absolute Gasteiger partial charge is 0.386 e. The molecule has 1 heterocycles. The lowest BCUT2D eigenvalue weighted by atomic mass is 10.1. The van der Waals surface area contributed by atoms with E-state index in [9.17, 15) is 0 Å². The Bertz CT molecular complexity index is 225. The molecule has 2 fully saturated rings. The first kappa shape index (κ1) is 13.5. The van der Waals surface area contributed by atoms with Gasteiger partial charge in [-0.25, -0.2) is 0 Å². The van der Waals surface area contributed by atoms with E-state index in [0.717, 1.165) is 12.1 Å². The second-order valence-corrected chi connectivity index (χ2v) is 8.73. The van der Waals surface area contributed by atoms with Crippen molar-refractivity contribution in [2.45, 2.75) is 63.5 Å². The van der Waals surface area contributed by atoms with Crippen molar-refractivity contribution in [3.63, 3.8) is 0 Å². The van der Waals surface area contributed by atoms with Gasteiger partial charge in [-0.05, 0) is 32.2 Å². The van der Waals surface area contributed by atoms with Crippen LogP contribution < -0.4 is 0 Å². The molecule has 0 amide bonds. The van der Waals surface area contributed by atoms with Crippen LogP contribution in [0.5, 0.6) is 0 Å². The SMILES string of the molecule is CO[Si]1(OC)CCCCN1C1CCCCCC1. The lowest BCUT2D eigenvalue weighted by Crippen LogP contribution is -2.63. The van der Waals surface area contributed by atoms with Crippen LogP contribution in [0, 0.1) is 0 Å². The van der Waals surface area contributed by atoms with Gasteiger partial charge >= 0.3 is 8.72 Å². The molecule has 1 aliphatic carbocycles. The van der Waals surface area contributed by atoms with Crippen LogP contribution in [0.15, 0.2) is 0 Å². The Morgan fingerprint density at radius 1 is 0.882 bits per heavy atom. The topological polar surface area (TPSA) is 21.7 Å². The first-order valence-electron chi connectivity index (χ1n) is 7.19. The lowest BCUT2D eigenvalue weighted by molar-refractivity contribution is 0.114. The van der Waals surface area contributed by atoms with Crippen LogP contribution in [0.1, 0.15) is 51.4 Å². The van der Waals surface area contributed by atoms with Gasteiger partial charge in [0.2, 0.25) is 0 Å². The highest BCUT2D eigenvalue weighted by atomic mass is 28.4.